The lowest BCUT2D eigenvalue weighted by Crippen LogP contribution is -2.46. The van der Waals surface area contributed by atoms with Crippen molar-refractivity contribution in [2.24, 2.45) is 11.1 Å². The van der Waals surface area contributed by atoms with Crippen LogP contribution in [0.5, 0.6) is 0 Å². The SMILES string of the molecule is CN(Cc1cccc(Cl)c1)C(=O)C1(CN)CCCCCC1. The van der Waals surface area contributed by atoms with Crippen molar-refractivity contribution in [1.82, 2.24) is 4.90 Å². The van der Waals surface area contributed by atoms with Crippen LogP contribution in [0.4, 0.5) is 0 Å². The number of nitrogens with two attached hydrogens (primary N) is 1. The molecule has 0 saturated heterocycles. The molecule has 0 spiro atoms. The van der Waals surface area contributed by atoms with E-state index in [2.05, 4.69) is 0 Å². The lowest BCUT2D eigenvalue weighted by atomic mass is 9.79. The van der Waals surface area contributed by atoms with Crippen molar-refractivity contribution >= 4 is 17.5 Å². The summed E-state index contributed by atoms with van der Waals surface area (Å²) in [4.78, 5) is 14.7. The second-order valence-electron chi connectivity index (χ2n) is 6.19. The quantitative estimate of drug-likeness (QED) is 0.864. The summed E-state index contributed by atoms with van der Waals surface area (Å²) in [6, 6.07) is 7.67. The highest BCUT2D eigenvalue weighted by atomic mass is 35.5. The maximum atomic E-state index is 12.9. The van der Waals surface area contributed by atoms with E-state index < -0.39 is 0 Å². The zero-order valence-corrected chi connectivity index (χ0v) is 13.5. The molecular weight excluding hydrogens is 284 g/mol. The zero-order valence-electron chi connectivity index (χ0n) is 12.8. The normalized spacial score (nSPS) is 18.0. The minimum atomic E-state index is -0.357. The summed E-state index contributed by atoms with van der Waals surface area (Å²) in [6.45, 7) is 1.03. The molecule has 0 aliphatic heterocycles. The standard InChI is InChI=1S/C17H25ClN2O/c1-20(12-14-7-6-8-15(18)11-14)16(21)17(13-19)9-4-2-3-5-10-17/h6-8,11H,2-5,9-10,12-13,19H2,1H3. The average molecular weight is 309 g/mol. The number of rotatable bonds is 4. The van der Waals surface area contributed by atoms with Gasteiger partial charge in [0.15, 0.2) is 0 Å². The molecule has 1 saturated carbocycles. The Bertz CT molecular complexity index is 481. The predicted molar refractivity (Wildman–Crippen MR) is 87.1 cm³/mol. The maximum absolute atomic E-state index is 12.9. The van der Waals surface area contributed by atoms with Crippen LogP contribution in [0.15, 0.2) is 24.3 Å². The van der Waals surface area contributed by atoms with Crippen molar-refractivity contribution in [2.45, 2.75) is 45.1 Å². The fourth-order valence-electron chi connectivity index (χ4n) is 3.30. The monoisotopic (exact) mass is 308 g/mol. The van der Waals surface area contributed by atoms with Gasteiger partial charge in [0, 0.05) is 25.2 Å². The molecular formula is C17H25ClN2O. The fourth-order valence-corrected chi connectivity index (χ4v) is 3.51. The lowest BCUT2D eigenvalue weighted by Gasteiger charge is -2.34. The molecule has 3 nitrogen and oxygen atoms in total. The second-order valence-corrected chi connectivity index (χ2v) is 6.63. The van der Waals surface area contributed by atoms with Crippen molar-refractivity contribution in [1.29, 1.82) is 0 Å². The molecule has 1 aliphatic carbocycles. The van der Waals surface area contributed by atoms with E-state index in [4.69, 9.17) is 17.3 Å². The van der Waals surface area contributed by atoms with Crippen molar-refractivity contribution in [2.75, 3.05) is 13.6 Å². The van der Waals surface area contributed by atoms with E-state index >= 15 is 0 Å². The van der Waals surface area contributed by atoms with Crippen LogP contribution in [-0.2, 0) is 11.3 Å². The third-order valence-electron chi connectivity index (χ3n) is 4.56. The van der Waals surface area contributed by atoms with Crippen LogP contribution in [0, 0.1) is 5.41 Å². The third-order valence-corrected chi connectivity index (χ3v) is 4.80. The molecule has 0 aromatic heterocycles. The summed E-state index contributed by atoms with van der Waals surface area (Å²) in [5, 5.41) is 0.705. The average Bonchev–Trinajstić information content (AvgIpc) is 2.72. The third kappa shape index (κ3) is 3.98. The number of nitrogens with zero attached hydrogens (tertiary/aromatic N) is 1. The minimum Gasteiger partial charge on any atom is -0.341 e. The van der Waals surface area contributed by atoms with Gasteiger partial charge in [-0.2, -0.15) is 0 Å². The van der Waals surface area contributed by atoms with Gasteiger partial charge in [-0.15, -0.1) is 0 Å². The Balaban J connectivity index is 2.09. The number of hydrogen-bond acceptors (Lipinski definition) is 2. The summed E-state index contributed by atoms with van der Waals surface area (Å²) in [5.41, 5.74) is 6.69. The number of amides is 1. The Morgan fingerprint density at radius 1 is 1.29 bits per heavy atom. The number of carbonyl (C=O) groups excluding carboxylic acids is 1. The molecule has 1 amide bonds. The highest BCUT2D eigenvalue weighted by molar-refractivity contribution is 6.30. The van der Waals surface area contributed by atoms with Gasteiger partial charge in [0.05, 0.1) is 5.41 Å². The van der Waals surface area contributed by atoms with Crippen LogP contribution in [0.1, 0.15) is 44.1 Å². The Labute approximate surface area is 132 Å². The Morgan fingerprint density at radius 3 is 2.52 bits per heavy atom. The first kappa shape index (κ1) is 16.3. The largest absolute Gasteiger partial charge is 0.341 e. The summed E-state index contributed by atoms with van der Waals surface area (Å²) >= 11 is 6.01. The highest BCUT2D eigenvalue weighted by Gasteiger charge is 2.38. The van der Waals surface area contributed by atoms with Gasteiger partial charge in [0.1, 0.15) is 0 Å². The van der Waals surface area contributed by atoms with Crippen LogP contribution in [0.3, 0.4) is 0 Å². The van der Waals surface area contributed by atoms with E-state index in [0.717, 1.165) is 31.2 Å². The first-order valence-corrected chi connectivity index (χ1v) is 8.15. The first-order valence-electron chi connectivity index (χ1n) is 7.77. The second kappa shape index (κ2) is 7.28. The van der Waals surface area contributed by atoms with Crippen LogP contribution in [-0.4, -0.2) is 24.4 Å². The topological polar surface area (TPSA) is 46.3 Å². The molecule has 1 aromatic rings. The van der Waals surface area contributed by atoms with Gasteiger partial charge in [0.2, 0.25) is 5.91 Å². The van der Waals surface area contributed by atoms with Crippen LogP contribution < -0.4 is 5.73 Å². The van der Waals surface area contributed by atoms with Crippen molar-refractivity contribution in [3.8, 4) is 0 Å². The minimum absolute atomic E-state index is 0.187. The van der Waals surface area contributed by atoms with E-state index in [0.29, 0.717) is 18.1 Å². The number of halogens is 1. The molecule has 2 N–H and O–H groups in total. The smallest absolute Gasteiger partial charge is 0.230 e. The van der Waals surface area contributed by atoms with Gasteiger partial charge in [-0.1, -0.05) is 49.4 Å². The zero-order chi connectivity index (χ0) is 15.3. The van der Waals surface area contributed by atoms with Gasteiger partial charge in [-0.25, -0.2) is 0 Å². The highest BCUT2D eigenvalue weighted by Crippen LogP contribution is 2.36. The molecule has 4 heteroatoms. The van der Waals surface area contributed by atoms with Gasteiger partial charge < -0.3 is 10.6 Å². The van der Waals surface area contributed by atoms with E-state index in [1.807, 2.05) is 36.2 Å². The molecule has 0 radical (unpaired) electrons. The predicted octanol–water partition coefficient (Wildman–Crippen LogP) is 3.60. The molecule has 1 aromatic carbocycles. The van der Waals surface area contributed by atoms with Gasteiger partial charge >= 0.3 is 0 Å². The first-order chi connectivity index (χ1) is 10.1. The van der Waals surface area contributed by atoms with Crippen molar-refractivity contribution < 1.29 is 4.79 Å². The fraction of sp³-hybridized carbons (Fsp3) is 0.588. The van der Waals surface area contributed by atoms with Crippen molar-refractivity contribution in [3.05, 3.63) is 34.9 Å². The molecule has 116 valence electrons. The van der Waals surface area contributed by atoms with Crippen LogP contribution in [0.25, 0.3) is 0 Å². The molecule has 21 heavy (non-hydrogen) atoms. The molecule has 0 bridgehead atoms. The van der Waals surface area contributed by atoms with E-state index in [9.17, 15) is 4.79 Å². The van der Waals surface area contributed by atoms with Crippen LogP contribution in [0.2, 0.25) is 5.02 Å². The molecule has 0 atom stereocenters. The van der Waals surface area contributed by atoms with Gasteiger partial charge in [-0.3, -0.25) is 4.79 Å². The van der Waals surface area contributed by atoms with E-state index in [1.54, 1.807) is 0 Å². The molecule has 1 fully saturated rings. The number of benzene rings is 1. The van der Waals surface area contributed by atoms with E-state index in [-0.39, 0.29) is 11.3 Å². The Kier molecular flexibility index (Phi) is 5.65. The summed E-state index contributed by atoms with van der Waals surface area (Å²) in [6.07, 6.45) is 6.48. The lowest BCUT2D eigenvalue weighted by molar-refractivity contribution is -0.141. The summed E-state index contributed by atoms with van der Waals surface area (Å²) in [7, 11) is 1.87. The Morgan fingerprint density at radius 2 is 1.95 bits per heavy atom. The Hall–Kier alpha value is -1.06. The van der Waals surface area contributed by atoms with Crippen molar-refractivity contribution in [3.63, 3.8) is 0 Å². The molecule has 1 aliphatic rings. The number of hydrogen-bond donors (Lipinski definition) is 1. The molecule has 0 unspecified atom stereocenters. The van der Waals surface area contributed by atoms with Crippen LogP contribution >= 0.6 is 11.6 Å². The summed E-state index contributed by atoms with van der Waals surface area (Å²) < 4.78 is 0. The summed E-state index contributed by atoms with van der Waals surface area (Å²) in [5.74, 6) is 0.187. The molecule has 2 rings (SSSR count). The van der Waals surface area contributed by atoms with E-state index in [1.165, 1.54) is 12.8 Å². The number of carbonyl (C=O) groups is 1. The van der Waals surface area contributed by atoms with Gasteiger partial charge in [-0.05, 0) is 30.5 Å². The molecule has 0 heterocycles. The van der Waals surface area contributed by atoms with Gasteiger partial charge in [0.25, 0.3) is 0 Å². The maximum Gasteiger partial charge on any atom is 0.230 e.